The van der Waals surface area contributed by atoms with Crippen LogP contribution in [0.15, 0.2) is 40.8 Å². The summed E-state index contributed by atoms with van der Waals surface area (Å²) in [5, 5.41) is 11.2. The van der Waals surface area contributed by atoms with E-state index in [1.165, 1.54) is 16.3 Å². The van der Waals surface area contributed by atoms with E-state index >= 15 is 0 Å². The quantitative estimate of drug-likeness (QED) is 0.733. The molecule has 1 saturated heterocycles. The fourth-order valence-corrected chi connectivity index (χ4v) is 4.14. The van der Waals surface area contributed by atoms with E-state index < -0.39 is 0 Å². The van der Waals surface area contributed by atoms with Gasteiger partial charge in [-0.05, 0) is 5.56 Å². The van der Waals surface area contributed by atoms with Gasteiger partial charge in [-0.3, -0.25) is 14.5 Å². The van der Waals surface area contributed by atoms with Crippen LogP contribution in [-0.2, 0) is 20.9 Å². The topological polar surface area (TPSA) is 87.1 Å². The third kappa shape index (κ3) is 5.50. The first-order valence-corrected chi connectivity index (χ1v) is 11.0. The van der Waals surface area contributed by atoms with Crippen LogP contribution in [0.4, 0.5) is 5.13 Å². The number of carbonyl (C=O) groups excluding carboxylic acids is 2. The number of benzene rings is 1. The number of hydrazone groups is 1. The van der Waals surface area contributed by atoms with Crippen LogP contribution in [0.2, 0.25) is 0 Å². The Morgan fingerprint density at radius 3 is 2.70 bits per heavy atom. The van der Waals surface area contributed by atoms with Crippen molar-refractivity contribution in [1.82, 2.24) is 14.9 Å². The number of thiazole rings is 1. The third-order valence-electron chi connectivity index (χ3n) is 5.05. The highest BCUT2D eigenvalue weighted by Crippen LogP contribution is 2.18. The second-order valence-corrected chi connectivity index (χ2v) is 8.12. The van der Waals surface area contributed by atoms with Gasteiger partial charge in [0.25, 0.3) is 0 Å². The molecule has 1 aromatic carbocycles. The predicted molar refractivity (Wildman–Crippen MR) is 115 cm³/mol. The van der Waals surface area contributed by atoms with Crippen molar-refractivity contribution >= 4 is 34.0 Å². The smallest absolute Gasteiger partial charge is 0.243 e. The normalized spacial score (nSPS) is 17.1. The summed E-state index contributed by atoms with van der Waals surface area (Å²) in [5.74, 6) is -0.342. The average molecular weight is 428 g/mol. The SMILES string of the molecule is O=C(CCC(=O)N1CCC(c2ccccc2)=N1)Nc1nc(CN2CCOCC2)cs1. The van der Waals surface area contributed by atoms with E-state index in [0.29, 0.717) is 11.7 Å². The van der Waals surface area contributed by atoms with Gasteiger partial charge in [0, 0.05) is 44.3 Å². The lowest BCUT2D eigenvalue weighted by atomic mass is 10.1. The molecule has 2 aliphatic heterocycles. The van der Waals surface area contributed by atoms with Gasteiger partial charge in [-0.15, -0.1) is 11.3 Å². The summed E-state index contributed by atoms with van der Waals surface area (Å²) < 4.78 is 5.35. The first kappa shape index (κ1) is 20.6. The van der Waals surface area contributed by atoms with E-state index in [9.17, 15) is 9.59 Å². The van der Waals surface area contributed by atoms with Crippen LogP contribution in [-0.4, -0.2) is 65.3 Å². The summed E-state index contributed by atoms with van der Waals surface area (Å²) in [6, 6.07) is 9.84. The van der Waals surface area contributed by atoms with E-state index in [0.717, 1.165) is 56.2 Å². The van der Waals surface area contributed by atoms with Crippen molar-refractivity contribution in [3.05, 3.63) is 47.0 Å². The summed E-state index contributed by atoms with van der Waals surface area (Å²) >= 11 is 1.41. The number of hydrogen-bond donors (Lipinski definition) is 1. The van der Waals surface area contributed by atoms with Crippen molar-refractivity contribution in [2.75, 3.05) is 38.2 Å². The Bertz CT molecular complexity index is 908. The second-order valence-electron chi connectivity index (χ2n) is 7.26. The molecule has 2 aromatic rings. The van der Waals surface area contributed by atoms with E-state index in [4.69, 9.17) is 4.74 Å². The summed E-state index contributed by atoms with van der Waals surface area (Å²) in [7, 11) is 0. The molecule has 3 heterocycles. The molecule has 0 spiro atoms. The Morgan fingerprint density at radius 2 is 1.90 bits per heavy atom. The van der Waals surface area contributed by atoms with Gasteiger partial charge in [0.2, 0.25) is 11.8 Å². The van der Waals surface area contributed by atoms with Gasteiger partial charge in [-0.2, -0.15) is 5.10 Å². The molecule has 1 fully saturated rings. The molecule has 1 N–H and O–H groups in total. The third-order valence-corrected chi connectivity index (χ3v) is 5.86. The minimum atomic E-state index is -0.206. The molecule has 0 unspecified atom stereocenters. The molecule has 8 nitrogen and oxygen atoms in total. The van der Waals surface area contributed by atoms with Crippen molar-refractivity contribution in [2.24, 2.45) is 5.10 Å². The number of aromatic nitrogens is 1. The standard InChI is InChI=1S/C21H25N5O3S/c27-19(23-21-22-17(15-30-21)14-25-10-12-29-13-11-25)6-7-20(28)26-9-8-18(24-26)16-4-2-1-3-5-16/h1-5,15H,6-14H2,(H,22,23,27). The lowest BCUT2D eigenvalue weighted by Gasteiger charge is -2.25. The van der Waals surface area contributed by atoms with E-state index in [-0.39, 0.29) is 24.7 Å². The van der Waals surface area contributed by atoms with Gasteiger partial charge in [0.15, 0.2) is 5.13 Å². The van der Waals surface area contributed by atoms with E-state index in [2.05, 4.69) is 20.3 Å². The highest BCUT2D eigenvalue weighted by atomic mass is 32.1. The fraction of sp³-hybridized carbons (Fsp3) is 0.429. The second kappa shape index (κ2) is 9.92. The van der Waals surface area contributed by atoms with E-state index in [1.807, 2.05) is 35.7 Å². The lowest BCUT2D eigenvalue weighted by molar-refractivity contribution is -0.132. The maximum absolute atomic E-state index is 12.4. The van der Waals surface area contributed by atoms with Gasteiger partial charge >= 0.3 is 0 Å². The van der Waals surface area contributed by atoms with Crippen LogP contribution < -0.4 is 5.32 Å². The molecule has 30 heavy (non-hydrogen) atoms. The Labute approximate surface area is 179 Å². The van der Waals surface area contributed by atoms with Gasteiger partial charge in [0.1, 0.15) is 0 Å². The number of amides is 2. The van der Waals surface area contributed by atoms with Crippen LogP contribution in [0.5, 0.6) is 0 Å². The summed E-state index contributed by atoms with van der Waals surface area (Å²) in [4.78, 5) is 31.4. The molecule has 2 aliphatic rings. The zero-order valence-electron chi connectivity index (χ0n) is 16.7. The molecular formula is C21H25N5O3S. The monoisotopic (exact) mass is 427 g/mol. The van der Waals surface area contributed by atoms with Gasteiger partial charge in [-0.1, -0.05) is 30.3 Å². The Balaban J connectivity index is 1.22. The first-order chi connectivity index (χ1) is 14.7. The number of morpholine rings is 1. The van der Waals surface area contributed by atoms with Gasteiger partial charge < -0.3 is 10.1 Å². The van der Waals surface area contributed by atoms with Crippen LogP contribution in [0, 0.1) is 0 Å². The number of ether oxygens (including phenoxy) is 1. The lowest BCUT2D eigenvalue weighted by Crippen LogP contribution is -2.35. The minimum absolute atomic E-state index is 0.115. The number of nitrogens with one attached hydrogen (secondary N) is 1. The van der Waals surface area contributed by atoms with Crippen LogP contribution in [0.1, 0.15) is 30.5 Å². The molecule has 0 aliphatic carbocycles. The molecule has 0 radical (unpaired) electrons. The van der Waals surface area contributed by atoms with Crippen LogP contribution in [0.25, 0.3) is 0 Å². The highest BCUT2D eigenvalue weighted by molar-refractivity contribution is 7.13. The van der Waals surface area contributed by atoms with Crippen molar-refractivity contribution < 1.29 is 14.3 Å². The molecule has 4 rings (SSSR count). The van der Waals surface area contributed by atoms with E-state index in [1.54, 1.807) is 0 Å². The molecule has 2 amide bonds. The molecular weight excluding hydrogens is 402 g/mol. The summed E-state index contributed by atoms with van der Waals surface area (Å²) in [5.41, 5.74) is 2.87. The van der Waals surface area contributed by atoms with Crippen LogP contribution in [0.3, 0.4) is 0 Å². The zero-order valence-corrected chi connectivity index (χ0v) is 17.6. The predicted octanol–water partition coefficient (Wildman–Crippen LogP) is 2.33. The van der Waals surface area contributed by atoms with Crippen molar-refractivity contribution in [2.45, 2.75) is 25.8 Å². The van der Waals surface area contributed by atoms with Crippen molar-refractivity contribution in [3.8, 4) is 0 Å². The highest BCUT2D eigenvalue weighted by Gasteiger charge is 2.22. The fourth-order valence-electron chi connectivity index (χ4n) is 3.43. The number of hydrogen-bond acceptors (Lipinski definition) is 7. The Morgan fingerprint density at radius 1 is 1.10 bits per heavy atom. The van der Waals surface area contributed by atoms with Crippen molar-refractivity contribution in [3.63, 3.8) is 0 Å². The zero-order chi connectivity index (χ0) is 20.8. The van der Waals surface area contributed by atoms with Gasteiger partial charge in [0.05, 0.1) is 31.2 Å². The number of carbonyl (C=O) groups is 2. The molecule has 1 aromatic heterocycles. The average Bonchev–Trinajstić information content (AvgIpc) is 3.43. The van der Waals surface area contributed by atoms with Gasteiger partial charge in [-0.25, -0.2) is 9.99 Å². The summed E-state index contributed by atoms with van der Waals surface area (Å²) in [6.07, 6.45) is 0.973. The number of nitrogens with zero attached hydrogens (tertiary/aromatic N) is 4. The maximum Gasteiger partial charge on any atom is 0.243 e. The molecule has 0 saturated carbocycles. The van der Waals surface area contributed by atoms with Crippen LogP contribution >= 0.6 is 11.3 Å². The first-order valence-electron chi connectivity index (χ1n) is 10.1. The Kier molecular flexibility index (Phi) is 6.83. The molecule has 0 bridgehead atoms. The Hall–Kier alpha value is -2.62. The number of anilines is 1. The number of rotatable bonds is 7. The molecule has 9 heteroatoms. The molecule has 158 valence electrons. The largest absolute Gasteiger partial charge is 0.379 e. The molecule has 0 atom stereocenters. The maximum atomic E-state index is 12.4. The minimum Gasteiger partial charge on any atom is -0.379 e. The van der Waals surface area contributed by atoms with Crippen molar-refractivity contribution in [1.29, 1.82) is 0 Å². The summed E-state index contributed by atoms with van der Waals surface area (Å²) in [6.45, 7) is 4.59.